The van der Waals surface area contributed by atoms with Gasteiger partial charge in [-0.25, -0.2) is 0 Å². The highest BCUT2D eigenvalue weighted by molar-refractivity contribution is 5.70. The number of hydrogen-bond acceptors (Lipinski definition) is 5. The number of methoxy groups -OCH3 is 1. The third kappa shape index (κ3) is 4.72. The molecule has 0 saturated carbocycles. The first-order valence-corrected chi connectivity index (χ1v) is 7.46. The van der Waals surface area contributed by atoms with Crippen LogP contribution in [0, 0.1) is 0 Å². The number of para-hydroxylation sites is 2. The maximum absolute atomic E-state index is 11.5. The Hall–Kier alpha value is -2.53. The summed E-state index contributed by atoms with van der Waals surface area (Å²) in [6.45, 7) is 2.12. The summed E-state index contributed by atoms with van der Waals surface area (Å²) in [7, 11) is 1.59. The number of esters is 1. The maximum Gasteiger partial charge on any atom is 0.307 e. The van der Waals surface area contributed by atoms with Gasteiger partial charge in [0.05, 0.1) is 20.1 Å². The molecule has 0 aliphatic rings. The molecule has 2 N–H and O–H groups in total. The Bertz CT molecular complexity index is 657. The molecular formula is C18H21NO4. The summed E-state index contributed by atoms with van der Waals surface area (Å²) in [6, 6.07) is 14.3. The van der Waals surface area contributed by atoms with Crippen LogP contribution in [-0.2, 0) is 9.53 Å². The summed E-state index contributed by atoms with van der Waals surface area (Å²) in [5.74, 6) is 1.59. The molecule has 0 saturated heterocycles. The Morgan fingerprint density at radius 3 is 2.57 bits per heavy atom. The van der Waals surface area contributed by atoms with Gasteiger partial charge in [0.15, 0.2) is 11.5 Å². The number of nitrogens with two attached hydrogens (primary N) is 1. The summed E-state index contributed by atoms with van der Waals surface area (Å²) in [5.41, 5.74) is 6.87. The largest absolute Gasteiger partial charge is 0.493 e. The second-order valence-corrected chi connectivity index (χ2v) is 4.94. The molecule has 0 aliphatic heterocycles. The number of rotatable bonds is 7. The Labute approximate surface area is 136 Å². The highest BCUT2D eigenvalue weighted by Crippen LogP contribution is 2.31. The minimum atomic E-state index is -0.435. The molecule has 1 unspecified atom stereocenters. The van der Waals surface area contributed by atoms with Gasteiger partial charge in [0.1, 0.15) is 5.75 Å². The fraction of sp³-hybridized carbons (Fsp3) is 0.278. The third-order valence-electron chi connectivity index (χ3n) is 3.28. The van der Waals surface area contributed by atoms with Crippen molar-refractivity contribution in [2.75, 3.05) is 13.7 Å². The van der Waals surface area contributed by atoms with Crippen LogP contribution in [0.25, 0.3) is 0 Å². The standard InChI is InChI=1S/C18H21NO4/c1-3-22-18(20)12-15(19)13-7-6-8-14(11-13)23-17-10-5-4-9-16(17)21-2/h4-11,15H,3,12,19H2,1-2H3. The van der Waals surface area contributed by atoms with E-state index in [4.69, 9.17) is 19.9 Å². The second kappa shape index (κ2) is 8.19. The van der Waals surface area contributed by atoms with Crippen LogP contribution in [-0.4, -0.2) is 19.7 Å². The average Bonchev–Trinajstić information content (AvgIpc) is 2.56. The van der Waals surface area contributed by atoms with Gasteiger partial charge < -0.3 is 19.9 Å². The zero-order valence-electron chi connectivity index (χ0n) is 13.3. The first-order valence-electron chi connectivity index (χ1n) is 7.46. The molecule has 23 heavy (non-hydrogen) atoms. The van der Waals surface area contributed by atoms with Gasteiger partial charge in [-0.15, -0.1) is 0 Å². The number of benzene rings is 2. The van der Waals surface area contributed by atoms with Crippen LogP contribution >= 0.6 is 0 Å². The van der Waals surface area contributed by atoms with Crippen molar-refractivity contribution in [1.82, 2.24) is 0 Å². The van der Waals surface area contributed by atoms with Crippen LogP contribution in [0.1, 0.15) is 24.9 Å². The smallest absolute Gasteiger partial charge is 0.307 e. The van der Waals surface area contributed by atoms with Crippen molar-refractivity contribution in [2.45, 2.75) is 19.4 Å². The van der Waals surface area contributed by atoms with E-state index in [0.717, 1.165) is 5.56 Å². The van der Waals surface area contributed by atoms with E-state index in [1.807, 2.05) is 48.5 Å². The second-order valence-electron chi connectivity index (χ2n) is 4.94. The van der Waals surface area contributed by atoms with Crippen molar-refractivity contribution in [3.63, 3.8) is 0 Å². The van der Waals surface area contributed by atoms with Crippen LogP contribution in [0.4, 0.5) is 0 Å². The van der Waals surface area contributed by atoms with Gasteiger partial charge in [0.25, 0.3) is 0 Å². The van der Waals surface area contributed by atoms with Crippen LogP contribution in [0.3, 0.4) is 0 Å². The van der Waals surface area contributed by atoms with Crippen LogP contribution in [0.15, 0.2) is 48.5 Å². The van der Waals surface area contributed by atoms with Gasteiger partial charge in [-0.05, 0) is 36.8 Å². The van der Waals surface area contributed by atoms with E-state index >= 15 is 0 Å². The summed E-state index contributed by atoms with van der Waals surface area (Å²) < 4.78 is 16.0. The first-order chi connectivity index (χ1) is 11.1. The number of carbonyl (C=O) groups is 1. The molecule has 5 heteroatoms. The summed E-state index contributed by atoms with van der Waals surface area (Å²) in [4.78, 5) is 11.5. The molecule has 0 radical (unpaired) electrons. The molecular weight excluding hydrogens is 294 g/mol. The molecule has 2 aromatic rings. The number of hydrogen-bond donors (Lipinski definition) is 1. The lowest BCUT2D eigenvalue weighted by molar-refractivity contribution is -0.143. The van der Waals surface area contributed by atoms with E-state index in [2.05, 4.69) is 0 Å². The van der Waals surface area contributed by atoms with E-state index in [1.165, 1.54) is 0 Å². The molecule has 0 aliphatic carbocycles. The van der Waals surface area contributed by atoms with Crippen molar-refractivity contribution in [3.05, 3.63) is 54.1 Å². The van der Waals surface area contributed by atoms with E-state index in [9.17, 15) is 4.79 Å². The summed E-state index contributed by atoms with van der Waals surface area (Å²) in [5, 5.41) is 0. The lowest BCUT2D eigenvalue weighted by Crippen LogP contribution is -2.17. The molecule has 2 rings (SSSR count). The zero-order valence-corrected chi connectivity index (χ0v) is 13.3. The SMILES string of the molecule is CCOC(=O)CC(N)c1cccc(Oc2ccccc2OC)c1. The first kappa shape index (κ1) is 16.8. The van der Waals surface area contributed by atoms with Crippen molar-refractivity contribution in [2.24, 2.45) is 5.73 Å². The minimum Gasteiger partial charge on any atom is -0.493 e. The molecule has 0 amide bonds. The molecule has 0 aromatic heterocycles. The maximum atomic E-state index is 11.5. The van der Waals surface area contributed by atoms with Gasteiger partial charge in [-0.3, -0.25) is 4.79 Å². The molecule has 1 atom stereocenters. The third-order valence-corrected chi connectivity index (χ3v) is 3.28. The minimum absolute atomic E-state index is 0.131. The van der Waals surface area contributed by atoms with E-state index in [-0.39, 0.29) is 12.4 Å². The summed E-state index contributed by atoms with van der Waals surface area (Å²) >= 11 is 0. The highest BCUT2D eigenvalue weighted by atomic mass is 16.5. The average molecular weight is 315 g/mol. The highest BCUT2D eigenvalue weighted by Gasteiger charge is 2.13. The van der Waals surface area contributed by atoms with Crippen LogP contribution in [0.2, 0.25) is 0 Å². The van der Waals surface area contributed by atoms with Crippen molar-refractivity contribution in [1.29, 1.82) is 0 Å². The van der Waals surface area contributed by atoms with Crippen molar-refractivity contribution < 1.29 is 19.0 Å². The lowest BCUT2D eigenvalue weighted by Gasteiger charge is -2.14. The quantitative estimate of drug-likeness (QED) is 0.793. The number of carbonyl (C=O) groups excluding carboxylic acids is 1. The molecule has 122 valence electrons. The number of ether oxygens (including phenoxy) is 3. The predicted octanol–water partition coefficient (Wildman–Crippen LogP) is 3.44. The van der Waals surface area contributed by atoms with Gasteiger partial charge in [0.2, 0.25) is 0 Å². The van der Waals surface area contributed by atoms with E-state index < -0.39 is 6.04 Å². The predicted molar refractivity (Wildman–Crippen MR) is 87.7 cm³/mol. The summed E-state index contributed by atoms with van der Waals surface area (Å²) in [6.07, 6.45) is 0.131. The Morgan fingerprint density at radius 2 is 1.87 bits per heavy atom. The fourth-order valence-electron chi connectivity index (χ4n) is 2.16. The van der Waals surface area contributed by atoms with Gasteiger partial charge >= 0.3 is 5.97 Å². The topological polar surface area (TPSA) is 70.8 Å². The Morgan fingerprint density at radius 1 is 1.13 bits per heavy atom. The van der Waals surface area contributed by atoms with Gasteiger partial charge in [-0.1, -0.05) is 24.3 Å². The monoisotopic (exact) mass is 315 g/mol. The zero-order chi connectivity index (χ0) is 16.7. The van der Waals surface area contributed by atoms with Crippen molar-refractivity contribution >= 4 is 5.97 Å². The molecule has 5 nitrogen and oxygen atoms in total. The van der Waals surface area contributed by atoms with Crippen molar-refractivity contribution in [3.8, 4) is 17.2 Å². The van der Waals surface area contributed by atoms with Crippen LogP contribution in [0.5, 0.6) is 17.2 Å². The molecule has 0 bridgehead atoms. The fourth-order valence-corrected chi connectivity index (χ4v) is 2.16. The normalized spacial score (nSPS) is 11.6. The van der Waals surface area contributed by atoms with E-state index in [0.29, 0.717) is 23.9 Å². The Kier molecular flexibility index (Phi) is 6.00. The Balaban J connectivity index is 2.12. The molecule has 2 aromatic carbocycles. The van der Waals surface area contributed by atoms with Gasteiger partial charge in [0, 0.05) is 6.04 Å². The van der Waals surface area contributed by atoms with Crippen LogP contribution < -0.4 is 15.2 Å². The molecule has 0 heterocycles. The molecule has 0 spiro atoms. The van der Waals surface area contributed by atoms with E-state index in [1.54, 1.807) is 14.0 Å². The van der Waals surface area contributed by atoms with Gasteiger partial charge in [-0.2, -0.15) is 0 Å². The lowest BCUT2D eigenvalue weighted by atomic mass is 10.0. The molecule has 0 fully saturated rings.